The van der Waals surface area contributed by atoms with Gasteiger partial charge in [0.25, 0.3) is 0 Å². The van der Waals surface area contributed by atoms with Crippen LogP contribution in [0.15, 0.2) is 30.3 Å². The maximum atomic E-state index is 12.9. The summed E-state index contributed by atoms with van der Waals surface area (Å²) >= 11 is 3.62. The van der Waals surface area contributed by atoms with Crippen LogP contribution in [0.25, 0.3) is 0 Å². The van der Waals surface area contributed by atoms with Gasteiger partial charge in [-0.15, -0.1) is 0 Å². The average Bonchev–Trinajstić information content (AvgIpc) is 2.96. The molecule has 0 saturated carbocycles. The normalized spacial score (nSPS) is 33.4. The van der Waals surface area contributed by atoms with Crippen LogP contribution in [0.5, 0.6) is 0 Å². The maximum Gasteiger partial charge on any atom is 0.326 e. The minimum absolute atomic E-state index is 0.0489. The molecule has 0 radical (unpaired) electrons. The van der Waals surface area contributed by atoms with E-state index in [1.807, 2.05) is 37.3 Å². The molecule has 130 valence electrons. The van der Waals surface area contributed by atoms with Gasteiger partial charge in [0.05, 0.1) is 10.9 Å². The molecule has 0 aromatic heterocycles. The summed E-state index contributed by atoms with van der Waals surface area (Å²) in [5, 5.41) is 9.47. The first-order valence-electron chi connectivity index (χ1n) is 8.22. The molecule has 2 aliphatic rings. The van der Waals surface area contributed by atoms with Crippen LogP contribution in [0.1, 0.15) is 31.4 Å². The number of hydrazine groups is 1. The standard InChI is InChI=1S/C17H22BrN3O3/c1-10-7-8-21(12(9-10)17(23)24)16(22)15-13(18)14(19-20-15)11-5-3-2-4-6-11/h2-6,10,12-15,19-20H,7-9H2,1H3,(H,23,24). The monoisotopic (exact) mass is 395 g/mol. The molecular weight excluding hydrogens is 374 g/mol. The van der Waals surface area contributed by atoms with Gasteiger partial charge in [-0.25, -0.2) is 15.6 Å². The van der Waals surface area contributed by atoms with Crippen LogP contribution in [0.2, 0.25) is 0 Å². The zero-order valence-electron chi connectivity index (χ0n) is 13.5. The number of carbonyl (C=O) groups is 2. The van der Waals surface area contributed by atoms with Crippen molar-refractivity contribution in [2.45, 2.75) is 42.7 Å². The second-order valence-electron chi connectivity index (χ2n) is 6.61. The Balaban J connectivity index is 1.74. The molecule has 0 aliphatic carbocycles. The van der Waals surface area contributed by atoms with Crippen LogP contribution < -0.4 is 10.9 Å². The Bertz CT molecular complexity index is 612. The number of carboxylic acid groups (broad SMARTS) is 1. The predicted octanol–water partition coefficient (Wildman–Crippen LogP) is 1.68. The van der Waals surface area contributed by atoms with Gasteiger partial charge in [0.15, 0.2) is 0 Å². The molecule has 1 aromatic rings. The Morgan fingerprint density at radius 3 is 2.62 bits per heavy atom. The van der Waals surface area contributed by atoms with Crippen molar-refractivity contribution in [1.29, 1.82) is 0 Å². The zero-order valence-corrected chi connectivity index (χ0v) is 15.1. The van der Waals surface area contributed by atoms with Gasteiger partial charge in [0.1, 0.15) is 12.1 Å². The molecule has 6 nitrogen and oxygen atoms in total. The Morgan fingerprint density at radius 2 is 1.96 bits per heavy atom. The topological polar surface area (TPSA) is 81.7 Å². The van der Waals surface area contributed by atoms with Crippen molar-refractivity contribution in [3.05, 3.63) is 35.9 Å². The van der Waals surface area contributed by atoms with Crippen molar-refractivity contribution in [3.63, 3.8) is 0 Å². The van der Waals surface area contributed by atoms with E-state index in [-0.39, 0.29) is 16.8 Å². The highest BCUT2D eigenvalue weighted by molar-refractivity contribution is 9.09. The molecule has 2 heterocycles. The van der Waals surface area contributed by atoms with E-state index in [9.17, 15) is 14.7 Å². The van der Waals surface area contributed by atoms with E-state index in [0.717, 1.165) is 12.0 Å². The van der Waals surface area contributed by atoms with Crippen LogP contribution in [0.4, 0.5) is 0 Å². The molecule has 7 heteroatoms. The smallest absolute Gasteiger partial charge is 0.326 e. The number of halogens is 1. The number of hydrogen-bond donors (Lipinski definition) is 3. The summed E-state index contributed by atoms with van der Waals surface area (Å²) in [7, 11) is 0. The number of carboxylic acids is 1. The largest absolute Gasteiger partial charge is 0.480 e. The lowest BCUT2D eigenvalue weighted by atomic mass is 9.91. The number of aliphatic carboxylic acids is 1. The Kier molecular flexibility index (Phi) is 5.22. The average molecular weight is 396 g/mol. The number of rotatable bonds is 3. The third-order valence-electron chi connectivity index (χ3n) is 4.89. The number of nitrogens with one attached hydrogen (secondary N) is 2. The number of hydrogen-bond acceptors (Lipinski definition) is 4. The zero-order chi connectivity index (χ0) is 17.3. The molecular formula is C17H22BrN3O3. The van der Waals surface area contributed by atoms with Crippen molar-refractivity contribution >= 4 is 27.8 Å². The van der Waals surface area contributed by atoms with Crippen molar-refractivity contribution in [2.24, 2.45) is 5.92 Å². The number of piperidine rings is 1. The predicted molar refractivity (Wildman–Crippen MR) is 93.5 cm³/mol. The lowest BCUT2D eigenvalue weighted by Gasteiger charge is -2.37. The first-order valence-corrected chi connectivity index (χ1v) is 9.14. The summed E-state index contributed by atoms with van der Waals surface area (Å²) in [5.41, 5.74) is 7.27. The molecule has 1 aromatic carbocycles. The van der Waals surface area contributed by atoms with Gasteiger partial charge >= 0.3 is 5.97 Å². The van der Waals surface area contributed by atoms with Gasteiger partial charge < -0.3 is 10.0 Å². The summed E-state index contributed by atoms with van der Waals surface area (Å²) in [5.74, 6) is -0.768. The van der Waals surface area contributed by atoms with Crippen LogP contribution in [0, 0.1) is 5.92 Å². The highest BCUT2D eigenvalue weighted by Gasteiger charge is 2.44. The summed E-state index contributed by atoms with van der Waals surface area (Å²) in [4.78, 5) is 25.9. The molecule has 3 rings (SSSR count). The molecule has 0 bridgehead atoms. The summed E-state index contributed by atoms with van der Waals surface area (Å²) in [6.07, 6.45) is 1.35. The number of benzene rings is 1. The van der Waals surface area contributed by atoms with E-state index in [0.29, 0.717) is 18.9 Å². The minimum Gasteiger partial charge on any atom is -0.480 e. The first kappa shape index (κ1) is 17.4. The second kappa shape index (κ2) is 7.21. The van der Waals surface area contributed by atoms with Crippen molar-refractivity contribution in [1.82, 2.24) is 15.8 Å². The maximum absolute atomic E-state index is 12.9. The van der Waals surface area contributed by atoms with Crippen LogP contribution in [0.3, 0.4) is 0 Å². The van der Waals surface area contributed by atoms with Crippen LogP contribution >= 0.6 is 15.9 Å². The van der Waals surface area contributed by atoms with E-state index < -0.39 is 18.1 Å². The van der Waals surface area contributed by atoms with Crippen molar-refractivity contribution in [3.8, 4) is 0 Å². The number of likely N-dealkylation sites (tertiary alicyclic amines) is 1. The lowest BCUT2D eigenvalue weighted by Crippen LogP contribution is -2.56. The molecule has 2 saturated heterocycles. The second-order valence-corrected chi connectivity index (χ2v) is 7.67. The Morgan fingerprint density at radius 1 is 1.25 bits per heavy atom. The molecule has 2 fully saturated rings. The fourth-order valence-electron chi connectivity index (χ4n) is 3.47. The van der Waals surface area contributed by atoms with Crippen molar-refractivity contribution in [2.75, 3.05) is 6.54 Å². The number of nitrogens with zero attached hydrogens (tertiary/aromatic N) is 1. The van der Waals surface area contributed by atoms with E-state index in [4.69, 9.17) is 0 Å². The molecule has 5 atom stereocenters. The van der Waals surface area contributed by atoms with Crippen LogP contribution in [-0.2, 0) is 9.59 Å². The summed E-state index contributed by atoms with van der Waals surface area (Å²) in [6, 6.07) is 8.59. The van der Waals surface area contributed by atoms with E-state index in [1.54, 1.807) is 0 Å². The Hall–Kier alpha value is -1.44. The summed E-state index contributed by atoms with van der Waals surface area (Å²) in [6.45, 7) is 2.52. The number of alkyl halides is 1. The van der Waals surface area contributed by atoms with Gasteiger partial charge in [-0.1, -0.05) is 53.2 Å². The van der Waals surface area contributed by atoms with Gasteiger partial charge in [0, 0.05) is 6.54 Å². The lowest BCUT2D eigenvalue weighted by molar-refractivity contribution is -0.153. The number of amides is 1. The molecule has 1 amide bonds. The third-order valence-corrected chi connectivity index (χ3v) is 5.95. The van der Waals surface area contributed by atoms with Gasteiger partial charge in [-0.2, -0.15) is 0 Å². The van der Waals surface area contributed by atoms with Crippen LogP contribution in [-0.4, -0.2) is 45.3 Å². The fraction of sp³-hybridized carbons (Fsp3) is 0.529. The third kappa shape index (κ3) is 3.34. The van der Waals surface area contributed by atoms with Crippen molar-refractivity contribution < 1.29 is 14.7 Å². The molecule has 0 spiro atoms. The van der Waals surface area contributed by atoms with Gasteiger partial charge in [-0.05, 0) is 24.3 Å². The molecule has 24 heavy (non-hydrogen) atoms. The highest BCUT2D eigenvalue weighted by Crippen LogP contribution is 2.31. The first-order chi connectivity index (χ1) is 11.5. The minimum atomic E-state index is -0.924. The van der Waals surface area contributed by atoms with Gasteiger partial charge in [0.2, 0.25) is 5.91 Å². The van der Waals surface area contributed by atoms with E-state index >= 15 is 0 Å². The fourth-order valence-corrected chi connectivity index (χ4v) is 4.27. The van der Waals surface area contributed by atoms with Gasteiger partial charge in [-0.3, -0.25) is 4.79 Å². The van der Waals surface area contributed by atoms with E-state index in [1.165, 1.54) is 4.90 Å². The highest BCUT2D eigenvalue weighted by atomic mass is 79.9. The Labute approximate surface area is 149 Å². The molecule has 5 unspecified atom stereocenters. The quantitative estimate of drug-likeness (QED) is 0.678. The van der Waals surface area contributed by atoms with E-state index in [2.05, 4.69) is 26.8 Å². The molecule has 2 aliphatic heterocycles. The summed E-state index contributed by atoms with van der Waals surface area (Å²) < 4.78 is 0. The molecule has 3 N–H and O–H groups in total. The number of carbonyl (C=O) groups excluding carboxylic acids is 1. The SMILES string of the molecule is CC1CCN(C(=O)C2NNC(c3ccccc3)C2Br)C(C(=O)O)C1.